The van der Waals surface area contributed by atoms with Crippen LogP contribution >= 0.6 is 24.0 Å². The third-order valence-corrected chi connectivity index (χ3v) is 4.91. The average Bonchev–Trinajstić information content (AvgIpc) is 3.05. The van der Waals surface area contributed by atoms with E-state index in [0.29, 0.717) is 13.1 Å². The van der Waals surface area contributed by atoms with E-state index in [1.54, 1.807) is 22.8 Å². The van der Waals surface area contributed by atoms with E-state index >= 15 is 0 Å². The second kappa shape index (κ2) is 10.1. The highest BCUT2D eigenvalue weighted by Gasteiger charge is 2.27. The Morgan fingerprint density at radius 1 is 1.38 bits per heavy atom. The first-order valence-corrected chi connectivity index (χ1v) is 8.99. The standard InChI is InChI=1S/C17H28N6O2.HI/c1-18-17(19-6-3-14-4-9-25-10-5-14)22-7-8-23(16(24)13-22)15-11-20-21(2)12-15;/h11-12,14H,3-10,13H2,1-2H3,(H,18,19);1H. The van der Waals surface area contributed by atoms with Gasteiger partial charge in [-0.25, -0.2) is 0 Å². The maximum Gasteiger partial charge on any atom is 0.246 e. The quantitative estimate of drug-likeness (QED) is 0.400. The van der Waals surface area contributed by atoms with E-state index in [9.17, 15) is 4.79 Å². The lowest BCUT2D eigenvalue weighted by molar-refractivity contribution is -0.120. The van der Waals surface area contributed by atoms with Crippen molar-refractivity contribution in [1.29, 1.82) is 0 Å². The van der Waals surface area contributed by atoms with Crippen molar-refractivity contribution in [3.05, 3.63) is 12.4 Å². The summed E-state index contributed by atoms with van der Waals surface area (Å²) in [5.74, 6) is 1.61. The SMILES string of the molecule is CN=C(NCCC1CCOCC1)N1CCN(c2cnn(C)c2)C(=O)C1.I. The molecule has 2 fully saturated rings. The van der Waals surface area contributed by atoms with E-state index in [2.05, 4.69) is 15.4 Å². The predicted molar refractivity (Wildman–Crippen MR) is 112 cm³/mol. The Kier molecular flexibility index (Phi) is 8.14. The zero-order valence-electron chi connectivity index (χ0n) is 15.6. The minimum absolute atomic E-state index is 0. The molecule has 1 aromatic rings. The molecule has 0 aliphatic carbocycles. The van der Waals surface area contributed by atoms with E-state index in [1.165, 1.54) is 0 Å². The van der Waals surface area contributed by atoms with Crippen LogP contribution in [0.2, 0.25) is 0 Å². The van der Waals surface area contributed by atoms with Crippen molar-refractivity contribution in [2.24, 2.45) is 18.0 Å². The normalized spacial score (nSPS) is 19.5. The van der Waals surface area contributed by atoms with Crippen LogP contribution in [0.4, 0.5) is 5.69 Å². The second-order valence-electron chi connectivity index (χ2n) is 6.66. The van der Waals surface area contributed by atoms with E-state index in [4.69, 9.17) is 4.74 Å². The van der Waals surface area contributed by atoms with Gasteiger partial charge in [-0.3, -0.25) is 14.5 Å². The van der Waals surface area contributed by atoms with E-state index in [1.807, 2.05) is 18.1 Å². The van der Waals surface area contributed by atoms with Gasteiger partial charge in [0.15, 0.2) is 5.96 Å². The lowest BCUT2D eigenvalue weighted by Gasteiger charge is -2.35. The van der Waals surface area contributed by atoms with Crippen molar-refractivity contribution in [3.63, 3.8) is 0 Å². The summed E-state index contributed by atoms with van der Waals surface area (Å²) >= 11 is 0. The van der Waals surface area contributed by atoms with Gasteiger partial charge in [-0.1, -0.05) is 0 Å². The summed E-state index contributed by atoms with van der Waals surface area (Å²) in [6.07, 6.45) is 7.00. The van der Waals surface area contributed by atoms with Gasteiger partial charge >= 0.3 is 0 Å². The first-order chi connectivity index (χ1) is 12.2. The number of hydrogen-bond donors (Lipinski definition) is 1. The number of ether oxygens (including phenoxy) is 1. The van der Waals surface area contributed by atoms with Gasteiger partial charge in [0.2, 0.25) is 5.91 Å². The topological polar surface area (TPSA) is 75.0 Å². The summed E-state index contributed by atoms with van der Waals surface area (Å²) in [7, 11) is 3.63. The zero-order chi connectivity index (χ0) is 17.6. The molecule has 3 heterocycles. The first-order valence-electron chi connectivity index (χ1n) is 8.99. The third kappa shape index (κ3) is 5.32. The highest BCUT2D eigenvalue weighted by atomic mass is 127. The smallest absolute Gasteiger partial charge is 0.246 e. The fourth-order valence-corrected chi connectivity index (χ4v) is 3.43. The molecule has 2 aliphatic heterocycles. The number of carbonyl (C=O) groups is 1. The average molecular weight is 476 g/mol. The predicted octanol–water partition coefficient (Wildman–Crippen LogP) is 1.08. The molecule has 1 aromatic heterocycles. The molecule has 1 N–H and O–H groups in total. The van der Waals surface area contributed by atoms with Crippen LogP contribution in [0.1, 0.15) is 19.3 Å². The van der Waals surface area contributed by atoms with Crippen molar-refractivity contribution in [3.8, 4) is 0 Å². The number of hydrogen-bond acceptors (Lipinski definition) is 4. The molecule has 8 nitrogen and oxygen atoms in total. The second-order valence-corrected chi connectivity index (χ2v) is 6.66. The largest absolute Gasteiger partial charge is 0.381 e. The van der Waals surface area contributed by atoms with Crippen molar-refractivity contribution >= 4 is 41.5 Å². The lowest BCUT2D eigenvalue weighted by atomic mass is 9.97. The zero-order valence-corrected chi connectivity index (χ0v) is 17.9. The van der Waals surface area contributed by atoms with Gasteiger partial charge in [-0.05, 0) is 25.2 Å². The van der Waals surface area contributed by atoms with Crippen LogP contribution in [0.25, 0.3) is 0 Å². The Morgan fingerprint density at radius 2 is 2.15 bits per heavy atom. The van der Waals surface area contributed by atoms with Gasteiger partial charge < -0.3 is 19.9 Å². The number of aromatic nitrogens is 2. The van der Waals surface area contributed by atoms with Crippen molar-refractivity contribution < 1.29 is 9.53 Å². The molecule has 0 aromatic carbocycles. The Labute approximate surface area is 172 Å². The number of nitrogens with one attached hydrogen (secondary N) is 1. The van der Waals surface area contributed by atoms with Crippen molar-refractivity contribution in [2.75, 3.05) is 51.3 Å². The minimum atomic E-state index is 0. The van der Waals surface area contributed by atoms with E-state index < -0.39 is 0 Å². The van der Waals surface area contributed by atoms with Gasteiger partial charge in [0.1, 0.15) is 6.54 Å². The van der Waals surface area contributed by atoms with Crippen LogP contribution < -0.4 is 10.2 Å². The van der Waals surface area contributed by atoms with Crippen LogP contribution in [0.3, 0.4) is 0 Å². The molecular formula is C17H29IN6O2. The number of nitrogens with zero attached hydrogens (tertiary/aromatic N) is 5. The minimum Gasteiger partial charge on any atom is -0.381 e. The van der Waals surface area contributed by atoms with Gasteiger partial charge in [0, 0.05) is 53.1 Å². The molecule has 1 amide bonds. The maximum atomic E-state index is 12.5. The van der Waals surface area contributed by atoms with Crippen molar-refractivity contribution in [2.45, 2.75) is 19.3 Å². The molecule has 3 rings (SSSR count). The number of piperazine rings is 1. The number of aliphatic imine (C=N–C) groups is 1. The molecule has 26 heavy (non-hydrogen) atoms. The highest BCUT2D eigenvalue weighted by Crippen LogP contribution is 2.18. The summed E-state index contributed by atoms with van der Waals surface area (Å²) in [4.78, 5) is 20.7. The van der Waals surface area contributed by atoms with Crippen molar-refractivity contribution in [1.82, 2.24) is 20.0 Å². The number of amides is 1. The summed E-state index contributed by atoms with van der Waals surface area (Å²) in [6, 6.07) is 0. The number of guanidine groups is 1. The molecular weight excluding hydrogens is 447 g/mol. The molecule has 0 bridgehead atoms. The highest BCUT2D eigenvalue weighted by molar-refractivity contribution is 14.0. The molecule has 0 unspecified atom stereocenters. The molecule has 2 saturated heterocycles. The fourth-order valence-electron chi connectivity index (χ4n) is 3.43. The van der Waals surface area contributed by atoms with Crippen LogP contribution in [0.5, 0.6) is 0 Å². The molecule has 146 valence electrons. The summed E-state index contributed by atoms with van der Waals surface area (Å²) in [5.41, 5.74) is 0.856. The molecule has 0 spiro atoms. The van der Waals surface area contributed by atoms with Crippen LogP contribution in [0.15, 0.2) is 17.4 Å². The Balaban J connectivity index is 0.00000243. The number of carbonyl (C=O) groups excluding carboxylic acids is 1. The van der Waals surface area contributed by atoms with Crippen LogP contribution in [-0.2, 0) is 16.6 Å². The Morgan fingerprint density at radius 3 is 2.77 bits per heavy atom. The summed E-state index contributed by atoms with van der Waals surface area (Å²) < 4.78 is 7.12. The molecule has 2 aliphatic rings. The van der Waals surface area contributed by atoms with E-state index in [0.717, 1.165) is 63.1 Å². The third-order valence-electron chi connectivity index (χ3n) is 4.91. The molecule has 0 atom stereocenters. The molecule has 0 saturated carbocycles. The van der Waals surface area contributed by atoms with Crippen LogP contribution in [-0.4, -0.2) is 73.0 Å². The Bertz CT molecular complexity index is 614. The van der Waals surface area contributed by atoms with Gasteiger partial charge in [-0.2, -0.15) is 5.10 Å². The van der Waals surface area contributed by atoms with Gasteiger partial charge in [0.05, 0.1) is 11.9 Å². The number of anilines is 1. The van der Waals surface area contributed by atoms with Crippen LogP contribution in [0, 0.1) is 5.92 Å². The monoisotopic (exact) mass is 476 g/mol. The number of rotatable bonds is 4. The summed E-state index contributed by atoms with van der Waals surface area (Å²) in [6.45, 7) is 4.39. The van der Waals surface area contributed by atoms with Gasteiger partial charge in [-0.15, -0.1) is 24.0 Å². The fraction of sp³-hybridized carbons (Fsp3) is 0.706. The number of aryl methyl sites for hydroxylation is 1. The summed E-state index contributed by atoms with van der Waals surface area (Å²) in [5, 5.41) is 7.56. The first kappa shape index (κ1) is 20.9. The van der Waals surface area contributed by atoms with Gasteiger partial charge in [0.25, 0.3) is 0 Å². The van der Waals surface area contributed by atoms with E-state index in [-0.39, 0.29) is 29.9 Å². The number of halogens is 1. The molecule has 9 heteroatoms. The molecule has 0 radical (unpaired) electrons. The maximum absolute atomic E-state index is 12.5. The lowest BCUT2D eigenvalue weighted by Crippen LogP contribution is -2.55. The Hall–Kier alpha value is -1.36.